The number of amides is 1. The van der Waals surface area contributed by atoms with Crippen molar-refractivity contribution >= 4 is 23.2 Å². The fraction of sp³-hybridized carbons (Fsp3) is 0.435. The number of carbonyl (C=O) groups is 1. The lowest BCUT2D eigenvalue weighted by Crippen LogP contribution is -2.52. The number of halogens is 1. The molecule has 148 valence electrons. The van der Waals surface area contributed by atoms with Crippen molar-refractivity contribution in [1.29, 1.82) is 0 Å². The highest BCUT2D eigenvalue weighted by Crippen LogP contribution is 2.44. The molecule has 0 radical (unpaired) electrons. The molecule has 0 bridgehead atoms. The van der Waals surface area contributed by atoms with Crippen LogP contribution < -0.4 is 10.2 Å². The van der Waals surface area contributed by atoms with Crippen LogP contribution in [0, 0.1) is 0 Å². The molecule has 28 heavy (non-hydrogen) atoms. The van der Waals surface area contributed by atoms with Gasteiger partial charge in [0.25, 0.3) is 0 Å². The largest absolute Gasteiger partial charge is 0.312 e. The van der Waals surface area contributed by atoms with Crippen LogP contribution in [0.25, 0.3) is 0 Å². The van der Waals surface area contributed by atoms with E-state index in [0.717, 1.165) is 31.7 Å². The quantitative estimate of drug-likeness (QED) is 0.857. The number of rotatable bonds is 4. The molecule has 2 aromatic rings. The average molecular weight is 398 g/mol. The van der Waals surface area contributed by atoms with Crippen LogP contribution in [-0.2, 0) is 16.6 Å². The van der Waals surface area contributed by atoms with E-state index in [4.69, 9.17) is 11.6 Å². The predicted octanol–water partition coefficient (Wildman–Crippen LogP) is 3.48. The molecule has 1 N–H and O–H groups in total. The summed E-state index contributed by atoms with van der Waals surface area (Å²) in [6, 6.07) is 16.9. The Bertz CT molecular complexity index is 856. The highest BCUT2D eigenvalue weighted by Gasteiger charge is 2.41. The lowest BCUT2D eigenvalue weighted by Gasteiger charge is -2.33. The summed E-state index contributed by atoms with van der Waals surface area (Å²) < 4.78 is 0. The normalized spacial score (nSPS) is 25.0. The Morgan fingerprint density at radius 3 is 2.79 bits per heavy atom. The van der Waals surface area contributed by atoms with Crippen molar-refractivity contribution in [3.63, 3.8) is 0 Å². The van der Waals surface area contributed by atoms with Crippen LogP contribution >= 0.6 is 11.6 Å². The van der Waals surface area contributed by atoms with Gasteiger partial charge < -0.3 is 10.2 Å². The van der Waals surface area contributed by atoms with E-state index >= 15 is 0 Å². The number of hydrogen-bond acceptors (Lipinski definition) is 3. The molecule has 1 fully saturated rings. The minimum atomic E-state index is -0.117. The molecular formula is C23H28ClN3O. The molecule has 2 heterocycles. The third-order valence-electron chi connectivity index (χ3n) is 5.96. The fourth-order valence-electron chi connectivity index (χ4n) is 4.61. The Kier molecular flexibility index (Phi) is 5.46. The first-order valence-corrected chi connectivity index (χ1v) is 10.4. The molecule has 2 atom stereocenters. The van der Waals surface area contributed by atoms with Crippen molar-refractivity contribution in [1.82, 2.24) is 10.2 Å². The first-order valence-electron chi connectivity index (χ1n) is 10.0. The van der Waals surface area contributed by atoms with Gasteiger partial charge in [-0.15, -0.1) is 0 Å². The molecule has 2 aromatic carbocycles. The second-order valence-electron chi connectivity index (χ2n) is 8.45. The number of carbonyl (C=O) groups excluding carboxylic acids is 1. The molecule has 0 saturated carbocycles. The summed E-state index contributed by atoms with van der Waals surface area (Å²) in [4.78, 5) is 17.5. The molecular weight excluding hydrogens is 370 g/mol. The summed E-state index contributed by atoms with van der Waals surface area (Å²) >= 11 is 6.30. The van der Waals surface area contributed by atoms with Gasteiger partial charge in [0.2, 0.25) is 5.91 Å². The highest BCUT2D eigenvalue weighted by molar-refractivity contribution is 6.31. The van der Waals surface area contributed by atoms with E-state index in [1.54, 1.807) is 0 Å². The molecule has 4 nitrogen and oxygen atoms in total. The van der Waals surface area contributed by atoms with Gasteiger partial charge in [-0.3, -0.25) is 9.69 Å². The molecule has 4 rings (SSSR count). The van der Waals surface area contributed by atoms with Gasteiger partial charge in [-0.25, -0.2) is 0 Å². The van der Waals surface area contributed by atoms with Crippen LogP contribution in [0.5, 0.6) is 0 Å². The Hall–Kier alpha value is -1.88. The van der Waals surface area contributed by atoms with Crippen LogP contribution in [-0.4, -0.2) is 49.6 Å². The standard InChI is InChI=1S/C23H28ClN3O/c1-17-14-26(11-10-25-17)15-22(28)27-16-23(2,13-18-6-4-3-5-7-18)20-9-8-19(24)12-21(20)27/h3-9,12,17,25H,10-11,13-16H2,1-2H3/t17-,23?/m1/s1. The smallest absolute Gasteiger partial charge is 0.241 e. The van der Waals surface area contributed by atoms with Gasteiger partial charge in [0.1, 0.15) is 0 Å². The Morgan fingerprint density at radius 2 is 2.04 bits per heavy atom. The second-order valence-corrected chi connectivity index (χ2v) is 8.89. The Labute approximate surface area is 172 Å². The van der Waals surface area contributed by atoms with E-state index < -0.39 is 0 Å². The first kappa shape index (κ1) is 19.4. The zero-order chi connectivity index (χ0) is 19.7. The summed E-state index contributed by atoms with van der Waals surface area (Å²) in [5.74, 6) is 0.161. The van der Waals surface area contributed by atoms with Crippen LogP contribution in [0.3, 0.4) is 0 Å². The molecule has 0 spiro atoms. The monoisotopic (exact) mass is 397 g/mol. The van der Waals surface area contributed by atoms with Crippen molar-refractivity contribution in [2.45, 2.75) is 31.7 Å². The van der Waals surface area contributed by atoms with Gasteiger partial charge in [0.05, 0.1) is 6.54 Å². The molecule has 1 amide bonds. The molecule has 0 aliphatic carbocycles. The van der Waals surface area contributed by atoms with Crippen LogP contribution in [0.2, 0.25) is 5.02 Å². The van der Waals surface area contributed by atoms with Crippen LogP contribution in [0.1, 0.15) is 25.0 Å². The lowest BCUT2D eigenvalue weighted by atomic mass is 9.79. The van der Waals surface area contributed by atoms with E-state index in [2.05, 4.69) is 54.4 Å². The second kappa shape index (κ2) is 7.86. The molecule has 2 aliphatic rings. The van der Waals surface area contributed by atoms with Crippen molar-refractivity contribution in [3.8, 4) is 0 Å². The lowest BCUT2D eigenvalue weighted by molar-refractivity contribution is -0.120. The van der Waals surface area contributed by atoms with Gasteiger partial charge in [-0.05, 0) is 36.6 Å². The summed E-state index contributed by atoms with van der Waals surface area (Å²) in [5.41, 5.74) is 3.35. The number of anilines is 1. The van der Waals surface area contributed by atoms with Gasteiger partial charge in [0.15, 0.2) is 0 Å². The summed E-state index contributed by atoms with van der Waals surface area (Å²) in [5, 5.41) is 4.11. The molecule has 1 unspecified atom stereocenters. The maximum Gasteiger partial charge on any atom is 0.241 e. The van der Waals surface area contributed by atoms with Gasteiger partial charge in [0, 0.05) is 48.3 Å². The number of nitrogens with zero attached hydrogens (tertiary/aromatic N) is 2. The zero-order valence-corrected chi connectivity index (χ0v) is 17.4. The summed E-state index contributed by atoms with van der Waals surface area (Å²) in [7, 11) is 0. The summed E-state index contributed by atoms with van der Waals surface area (Å²) in [6.45, 7) is 8.32. The van der Waals surface area contributed by atoms with Crippen molar-refractivity contribution in [2.75, 3.05) is 37.6 Å². The number of piperazine rings is 1. The number of fused-ring (bicyclic) bond motifs is 1. The summed E-state index contributed by atoms with van der Waals surface area (Å²) in [6.07, 6.45) is 0.900. The minimum Gasteiger partial charge on any atom is -0.312 e. The highest BCUT2D eigenvalue weighted by atomic mass is 35.5. The third kappa shape index (κ3) is 3.95. The number of hydrogen-bond donors (Lipinski definition) is 1. The van der Waals surface area contributed by atoms with Crippen molar-refractivity contribution in [2.24, 2.45) is 0 Å². The van der Waals surface area contributed by atoms with E-state index in [1.807, 2.05) is 23.1 Å². The topological polar surface area (TPSA) is 35.6 Å². The number of benzene rings is 2. The maximum atomic E-state index is 13.3. The van der Waals surface area contributed by atoms with E-state index in [1.165, 1.54) is 11.1 Å². The molecule has 1 saturated heterocycles. The van der Waals surface area contributed by atoms with Gasteiger partial charge in [-0.1, -0.05) is 54.9 Å². The molecule has 5 heteroatoms. The van der Waals surface area contributed by atoms with Gasteiger partial charge in [-0.2, -0.15) is 0 Å². The van der Waals surface area contributed by atoms with E-state index in [0.29, 0.717) is 24.2 Å². The van der Waals surface area contributed by atoms with Crippen LogP contribution in [0.4, 0.5) is 5.69 Å². The maximum absolute atomic E-state index is 13.3. The Balaban J connectivity index is 1.59. The minimum absolute atomic E-state index is 0.117. The van der Waals surface area contributed by atoms with Crippen molar-refractivity contribution < 1.29 is 4.79 Å². The van der Waals surface area contributed by atoms with Crippen LogP contribution in [0.15, 0.2) is 48.5 Å². The first-order chi connectivity index (χ1) is 13.4. The van der Waals surface area contributed by atoms with Gasteiger partial charge >= 0.3 is 0 Å². The SMILES string of the molecule is C[C@@H]1CN(CC(=O)N2CC(C)(Cc3ccccc3)c3ccc(Cl)cc32)CCN1. The molecule has 0 aromatic heterocycles. The third-order valence-corrected chi connectivity index (χ3v) is 6.19. The average Bonchev–Trinajstić information content (AvgIpc) is 2.94. The fourth-order valence-corrected chi connectivity index (χ4v) is 4.78. The Morgan fingerprint density at radius 1 is 1.25 bits per heavy atom. The zero-order valence-electron chi connectivity index (χ0n) is 16.6. The van der Waals surface area contributed by atoms with Crippen molar-refractivity contribution in [3.05, 3.63) is 64.7 Å². The van der Waals surface area contributed by atoms with E-state index in [-0.39, 0.29) is 11.3 Å². The van der Waals surface area contributed by atoms with E-state index in [9.17, 15) is 4.79 Å². The predicted molar refractivity (Wildman–Crippen MR) is 115 cm³/mol. The number of nitrogens with one attached hydrogen (secondary N) is 1. The molecule has 2 aliphatic heterocycles.